The third kappa shape index (κ3) is 7.34. The van der Waals surface area contributed by atoms with Gasteiger partial charge in [0.2, 0.25) is 5.91 Å². The number of amides is 1. The summed E-state index contributed by atoms with van der Waals surface area (Å²) in [5, 5.41) is 0. The van der Waals surface area contributed by atoms with Gasteiger partial charge in [0.15, 0.2) is 0 Å². The van der Waals surface area contributed by atoms with Crippen LogP contribution in [0.25, 0.3) is 0 Å². The van der Waals surface area contributed by atoms with E-state index in [0.29, 0.717) is 6.42 Å². The van der Waals surface area contributed by atoms with Crippen molar-refractivity contribution < 1.29 is 4.79 Å². The van der Waals surface area contributed by atoms with Gasteiger partial charge in [0.05, 0.1) is 5.54 Å². The van der Waals surface area contributed by atoms with Crippen LogP contribution in [-0.4, -0.2) is 36.0 Å². The molecule has 0 spiro atoms. The Bertz CT molecular complexity index is 217. The van der Waals surface area contributed by atoms with Crippen molar-refractivity contribution in [2.75, 3.05) is 19.6 Å². The van der Waals surface area contributed by atoms with Crippen molar-refractivity contribution in [3.8, 4) is 0 Å². The predicted molar refractivity (Wildman–Crippen MR) is 72.7 cm³/mol. The van der Waals surface area contributed by atoms with Crippen LogP contribution >= 0.6 is 0 Å². The molecule has 0 aromatic rings. The van der Waals surface area contributed by atoms with Gasteiger partial charge in [-0.1, -0.05) is 20.3 Å². The molecule has 102 valence electrons. The van der Waals surface area contributed by atoms with E-state index >= 15 is 0 Å². The Kier molecular flexibility index (Phi) is 8.17. The SMILES string of the molecule is CCCCN(CC)CCCCC(C)(N)C(N)=O. The maximum Gasteiger partial charge on any atom is 0.237 e. The Morgan fingerprint density at radius 3 is 2.24 bits per heavy atom. The average molecular weight is 243 g/mol. The molecule has 4 heteroatoms. The number of hydrogen-bond acceptors (Lipinski definition) is 3. The van der Waals surface area contributed by atoms with Crippen molar-refractivity contribution in [1.82, 2.24) is 4.90 Å². The average Bonchev–Trinajstić information content (AvgIpc) is 2.28. The summed E-state index contributed by atoms with van der Waals surface area (Å²) in [5.41, 5.74) is 10.2. The lowest BCUT2D eigenvalue weighted by atomic mass is 9.95. The third-order valence-electron chi connectivity index (χ3n) is 3.26. The molecule has 0 aliphatic carbocycles. The van der Waals surface area contributed by atoms with Crippen LogP contribution in [0.4, 0.5) is 0 Å². The van der Waals surface area contributed by atoms with Crippen LogP contribution in [0, 0.1) is 0 Å². The number of nitrogens with two attached hydrogens (primary N) is 2. The largest absolute Gasteiger partial charge is 0.368 e. The van der Waals surface area contributed by atoms with Crippen molar-refractivity contribution in [2.45, 2.75) is 58.4 Å². The van der Waals surface area contributed by atoms with E-state index in [2.05, 4.69) is 18.7 Å². The lowest BCUT2D eigenvalue weighted by Crippen LogP contribution is -2.49. The Morgan fingerprint density at radius 1 is 1.18 bits per heavy atom. The maximum absolute atomic E-state index is 11.0. The highest BCUT2D eigenvalue weighted by Gasteiger charge is 2.24. The van der Waals surface area contributed by atoms with Crippen LogP contribution in [0.2, 0.25) is 0 Å². The number of rotatable bonds is 10. The van der Waals surface area contributed by atoms with E-state index in [1.807, 2.05) is 0 Å². The summed E-state index contributed by atoms with van der Waals surface area (Å²) in [6.07, 6.45) is 5.20. The molecule has 1 unspecified atom stereocenters. The van der Waals surface area contributed by atoms with Gasteiger partial charge in [-0.3, -0.25) is 4.79 Å². The first-order valence-corrected chi connectivity index (χ1v) is 6.75. The molecular weight excluding hydrogens is 214 g/mol. The molecule has 0 bridgehead atoms. The second-order valence-corrected chi connectivity index (χ2v) is 5.03. The predicted octanol–water partition coefficient (Wildman–Crippen LogP) is 1.48. The summed E-state index contributed by atoms with van der Waals surface area (Å²) >= 11 is 0. The lowest BCUT2D eigenvalue weighted by Gasteiger charge is -2.22. The lowest BCUT2D eigenvalue weighted by molar-refractivity contribution is -0.122. The molecule has 0 saturated carbocycles. The minimum absolute atomic E-state index is 0.407. The van der Waals surface area contributed by atoms with Gasteiger partial charge in [0.1, 0.15) is 0 Å². The minimum Gasteiger partial charge on any atom is -0.368 e. The normalized spacial score (nSPS) is 14.9. The molecule has 0 aliphatic rings. The molecule has 0 aromatic carbocycles. The van der Waals surface area contributed by atoms with Gasteiger partial charge in [0.25, 0.3) is 0 Å². The molecule has 1 amide bonds. The van der Waals surface area contributed by atoms with Crippen LogP contribution in [0.15, 0.2) is 0 Å². The summed E-state index contributed by atoms with van der Waals surface area (Å²) in [5.74, 6) is -0.407. The molecular formula is C13H29N3O. The van der Waals surface area contributed by atoms with Crippen molar-refractivity contribution in [1.29, 1.82) is 0 Å². The Labute approximate surface area is 106 Å². The summed E-state index contributed by atoms with van der Waals surface area (Å²) in [4.78, 5) is 13.5. The summed E-state index contributed by atoms with van der Waals surface area (Å²) < 4.78 is 0. The standard InChI is InChI=1S/C13H29N3O/c1-4-6-10-16(5-2)11-8-7-9-13(3,15)12(14)17/h4-11,15H2,1-3H3,(H2,14,17). The first kappa shape index (κ1) is 16.4. The molecule has 4 N–H and O–H groups in total. The fraction of sp³-hybridized carbons (Fsp3) is 0.923. The molecule has 0 aliphatic heterocycles. The number of hydrogen-bond donors (Lipinski definition) is 2. The molecule has 0 rings (SSSR count). The Morgan fingerprint density at radius 2 is 1.76 bits per heavy atom. The third-order valence-corrected chi connectivity index (χ3v) is 3.26. The highest BCUT2D eigenvalue weighted by atomic mass is 16.1. The van der Waals surface area contributed by atoms with Gasteiger partial charge >= 0.3 is 0 Å². The van der Waals surface area contributed by atoms with Crippen LogP contribution in [0.3, 0.4) is 0 Å². The van der Waals surface area contributed by atoms with Gasteiger partial charge in [-0.15, -0.1) is 0 Å². The van der Waals surface area contributed by atoms with Gasteiger partial charge < -0.3 is 16.4 Å². The van der Waals surface area contributed by atoms with Gasteiger partial charge in [-0.2, -0.15) is 0 Å². The second kappa shape index (κ2) is 8.48. The van der Waals surface area contributed by atoms with E-state index in [-0.39, 0.29) is 0 Å². The molecule has 0 heterocycles. The zero-order valence-corrected chi connectivity index (χ0v) is 11.7. The summed E-state index contributed by atoms with van der Waals surface area (Å²) in [6.45, 7) is 9.46. The van der Waals surface area contributed by atoms with E-state index in [4.69, 9.17) is 11.5 Å². The topological polar surface area (TPSA) is 72.3 Å². The Balaban J connectivity index is 3.71. The zero-order chi connectivity index (χ0) is 13.3. The molecule has 17 heavy (non-hydrogen) atoms. The van der Waals surface area contributed by atoms with E-state index < -0.39 is 11.4 Å². The smallest absolute Gasteiger partial charge is 0.237 e. The van der Waals surface area contributed by atoms with Crippen molar-refractivity contribution in [2.24, 2.45) is 11.5 Å². The number of nitrogens with zero attached hydrogens (tertiary/aromatic N) is 1. The molecule has 0 saturated heterocycles. The monoisotopic (exact) mass is 243 g/mol. The van der Waals surface area contributed by atoms with E-state index in [1.54, 1.807) is 6.92 Å². The molecule has 0 fully saturated rings. The summed E-state index contributed by atoms with van der Waals surface area (Å²) in [7, 11) is 0. The van der Waals surface area contributed by atoms with E-state index in [0.717, 1.165) is 25.9 Å². The number of unbranched alkanes of at least 4 members (excludes halogenated alkanes) is 2. The quantitative estimate of drug-likeness (QED) is 0.571. The fourth-order valence-corrected chi connectivity index (χ4v) is 1.76. The summed E-state index contributed by atoms with van der Waals surface area (Å²) in [6, 6.07) is 0. The highest BCUT2D eigenvalue weighted by molar-refractivity contribution is 5.83. The van der Waals surface area contributed by atoms with Crippen LogP contribution in [0.1, 0.15) is 52.9 Å². The number of carbonyl (C=O) groups excluding carboxylic acids is 1. The molecule has 0 radical (unpaired) electrons. The number of carbonyl (C=O) groups is 1. The minimum atomic E-state index is -0.847. The van der Waals surface area contributed by atoms with Gasteiger partial charge in [-0.25, -0.2) is 0 Å². The molecule has 1 atom stereocenters. The van der Waals surface area contributed by atoms with E-state index in [1.165, 1.54) is 19.4 Å². The molecule has 4 nitrogen and oxygen atoms in total. The van der Waals surface area contributed by atoms with Crippen LogP contribution in [0.5, 0.6) is 0 Å². The van der Waals surface area contributed by atoms with Gasteiger partial charge in [-0.05, 0) is 52.2 Å². The first-order chi connectivity index (χ1) is 7.94. The Hall–Kier alpha value is -0.610. The van der Waals surface area contributed by atoms with Gasteiger partial charge in [0, 0.05) is 0 Å². The van der Waals surface area contributed by atoms with Crippen molar-refractivity contribution in [3.05, 3.63) is 0 Å². The van der Waals surface area contributed by atoms with Crippen molar-refractivity contribution >= 4 is 5.91 Å². The highest BCUT2D eigenvalue weighted by Crippen LogP contribution is 2.10. The second-order valence-electron chi connectivity index (χ2n) is 5.03. The van der Waals surface area contributed by atoms with Crippen molar-refractivity contribution in [3.63, 3.8) is 0 Å². The number of primary amides is 1. The fourth-order valence-electron chi connectivity index (χ4n) is 1.76. The van der Waals surface area contributed by atoms with Crippen LogP contribution in [-0.2, 0) is 4.79 Å². The van der Waals surface area contributed by atoms with Crippen LogP contribution < -0.4 is 11.5 Å². The first-order valence-electron chi connectivity index (χ1n) is 6.75. The molecule has 0 aromatic heterocycles. The van der Waals surface area contributed by atoms with E-state index in [9.17, 15) is 4.79 Å². The maximum atomic E-state index is 11.0. The zero-order valence-electron chi connectivity index (χ0n) is 11.7.